The minimum absolute atomic E-state index is 0.0624. The summed E-state index contributed by atoms with van der Waals surface area (Å²) in [4.78, 5) is 0. The van der Waals surface area contributed by atoms with Crippen molar-refractivity contribution >= 4 is 9.47 Å². The Balaban J connectivity index is 1.22. The zero-order chi connectivity index (χ0) is 35.1. The van der Waals surface area contributed by atoms with Gasteiger partial charge in [0.15, 0.2) is 6.29 Å². The van der Waals surface area contributed by atoms with Gasteiger partial charge in [0.25, 0.3) is 0 Å². The highest BCUT2D eigenvalue weighted by Gasteiger charge is 2.63. The molecule has 4 fully saturated rings. The Morgan fingerprint density at radius 3 is 2.37 bits per heavy atom. The predicted molar refractivity (Wildman–Crippen MR) is 199 cm³/mol. The van der Waals surface area contributed by atoms with E-state index in [1.54, 1.807) is 12.7 Å². The van der Waals surface area contributed by atoms with Crippen molar-refractivity contribution in [1.29, 1.82) is 0 Å². The smallest absolute Gasteiger partial charge is 0.157 e. The molecule has 0 spiro atoms. The van der Waals surface area contributed by atoms with E-state index in [1.165, 1.54) is 24.8 Å². The molecule has 6 rings (SSSR count). The fraction of sp³-hybridized carbons (Fsp3) is 0.810. The van der Waals surface area contributed by atoms with Gasteiger partial charge < -0.3 is 28.6 Å². The molecule has 3 saturated carbocycles. The van der Waals surface area contributed by atoms with Gasteiger partial charge in [-0.2, -0.15) is 0 Å². The Morgan fingerprint density at radius 1 is 1.00 bits per heavy atom. The lowest BCUT2D eigenvalue weighted by molar-refractivity contribution is -0.230. The third kappa shape index (κ3) is 7.72. The highest BCUT2D eigenvalue weighted by molar-refractivity contribution is 7.09. The van der Waals surface area contributed by atoms with E-state index < -0.39 is 0 Å². The molecule has 1 N–H and O–H groups in total. The van der Waals surface area contributed by atoms with Gasteiger partial charge in [0, 0.05) is 21.3 Å². The molecular weight excluding hydrogens is 631 g/mol. The first-order chi connectivity index (χ1) is 23.3. The van der Waals surface area contributed by atoms with Crippen LogP contribution < -0.4 is 4.74 Å². The SMILES string of the molecule is COc1ccc(CO[C@@H]2CC(C(C)C(O)CC(CC3OCC(C)(C)CO3)C(C)C)[C@@]3(C)CCC4C(CC=C5C[C@@H](OP)CC[C@@]54C)C23)cc1. The Labute approximate surface area is 300 Å². The zero-order valence-electron chi connectivity index (χ0n) is 31.8. The molecule has 6 nitrogen and oxygen atoms in total. The van der Waals surface area contributed by atoms with Gasteiger partial charge >= 0.3 is 0 Å². The largest absolute Gasteiger partial charge is 0.497 e. The van der Waals surface area contributed by atoms with Crippen molar-refractivity contribution in [1.82, 2.24) is 0 Å². The van der Waals surface area contributed by atoms with E-state index in [4.69, 9.17) is 23.5 Å². The van der Waals surface area contributed by atoms with E-state index >= 15 is 0 Å². The molecule has 7 heteroatoms. The number of rotatable bonds is 12. The fourth-order valence-corrected chi connectivity index (χ4v) is 11.5. The molecule has 1 aromatic carbocycles. The van der Waals surface area contributed by atoms with Crippen LogP contribution in [0.1, 0.15) is 112 Å². The normalized spacial score (nSPS) is 37.8. The first-order valence-electron chi connectivity index (χ1n) is 19.5. The van der Waals surface area contributed by atoms with E-state index in [0.717, 1.165) is 57.5 Å². The summed E-state index contributed by atoms with van der Waals surface area (Å²) in [5.41, 5.74) is 3.27. The molecule has 276 valence electrons. The van der Waals surface area contributed by atoms with Gasteiger partial charge in [-0.3, -0.25) is 0 Å². The summed E-state index contributed by atoms with van der Waals surface area (Å²) in [6.45, 7) is 18.5. The van der Waals surface area contributed by atoms with Crippen LogP contribution in [0.2, 0.25) is 0 Å². The zero-order valence-corrected chi connectivity index (χ0v) is 32.9. The van der Waals surface area contributed by atoms with Crippen molar-refractivity contribution in [3.63, 3.8) is 0 Å². The third-order valence-electron chi connectivity index (χ3n) is 14.4. The number of hydrogen-bond donors (Lipinski definition) is 1. The standard InChI is InChI=1S/C42H67O6P/c1-26(2)29(20-38-46-24-40(4,5)25-47-38)19-36(43)27(3)35-22-37(45-23-28-9-12-31(44-8)13-10-28)39-33-14-11-30-21-32(48-49)15-17-41(30,6)34(33)16-18-42(35,39)7/h9-13,26-27,29,32-39,43H,14-25,49H2,1-8H3/t27?,29?,32-,33?,34?,35?,36?,37+,39?,41-,42+/m0/s1. The van der Waals surface area contributed by atoms with Crippen LogP contribution in [0.4, 0.5) is 0 Å². The molecule has 5 aliphatic rings. The summed E-state index contributed by atoms with van der Waals surface area (Å²) in [6, 6.07) is 8.34. The van der Waals surface area contributed by atoms with Gasteiger partial charge in [-0.25, -0.2) is 0 Å². The van der Waals surface area contributed by atoms with Crippen LogP contribution in [-0.2, 0) is 25.3 Å². The quantitative estimate of drug-likeness (QED) is 0.173. The van der Waals surface area contributed by atoms with Gasteiger partial charge in [0.2, 0.25) is 0 Å². The topological polar surface area (TPSA) is 66.4 Å². The van der Waals surface area contributed by atoms with Crippen molar-refractivity contribution in [3.05, 3.63) is 41.5 Å². The molecule has 1 aromatic rings. The number of fused-ring (bicyclic) bond motifs is 5. The van der Waals surface area contributed by atoms with Crippen molar-refractivity contribution in [2.45, 2.75) is 137 Å². The summed E-state index contributed by atoms with van der Waals surface area (Å²) < 4.78 is 30.6. The molecular formula is C42H67O6P. The second-order valence-electron chi connectivity index (χ2n) is 18.4. The maximum atomic E-state index is 12.1. The molecule has 0 bridgehead atoms. The van der Waals surface area contributed by atoms with Gasteiger partial charge in [-0.1, -0.05) is 72.2 Å². The van der Waals surface area contributed by atoms with Crippen molar-refractivity contribution < 1.29 is 28.6 Å². The maximum Gasteiger partial charge on any atom is 0.157 e. The van der Waals surface area contributed by atoms with Crippen LogP contribution in [0.5, 0.6) is 5.75 Å². The van der Waals surface area contributed by atoms with Crippen LogP contribution in [0, 0.1) is 57.7 Å². The lowest BCUT2D eigenvalue weighted by Gasteiger charge is -2.59. The summed E-state index contributed by atoms with van der Waals surface area (Å²) >= 11 is 0. The molecule has 8 unspecified atom stereocenters. The lowest BCUT2D eigenvalue weighted by atomic mass is 9.46. The molecule has 1 aliphatic heterocycles. The summed E-state index contributed by atoms with van der Waals surface area (Å²) in [7, 11) is 4.23. The first kappa shape index (κ1) is 37.7. The van der Waals surface area contributed by atoms with Gasteiger partial charge in [0.05, 0.1) is 45.2 Å². The Bertz CT molecular complexity index is 1270. The third-order valence-corrected chi connectivity index (χ3v) is 14.8. The maximum absolute atomic E-state index is 12.1. The number of allylic oxidation sites excluding steroid dienone is 1. The van der Waals surface area contributed by atoms with Crippen LogP contribution in [0.3, 0.4) is 0 Å². The van der Waals surface area contributed by atoms with E-state index in [2.05, 4.69) is 76.1 Å². The Hall–Kier alpha value is -1.01. The monoisotopic (exact) mass is 698 g/mol. The number of aliphatic hydroxyl groups is 1. The number of aliphatic hydroxyl groups excluding tert-OH is 1. The minimum atomic E-state index is -0.370. The van der Waals surface area contributed by atoms with Crippen molar-refractivity contribution in [2.75, 3.05) is 20.3 Å². The molecule has 4 aliphatic carbocycles. The van der Waals surface area contributed by atoms with E-state index in [0.29, 0.717) is 48.2 Å². The van der Waals surface area contributed by atoms with Crippen LogP contribution in [0.25, 0.3) is 0 Å². The number of ether oxygens (including phenoxy) is 4. The lowest BCUT2D eigenvalue weighted by Crippen LogP contribution is -2.53. The Kier molecular flexibility index (Phi) is 11.7. The number of benzene rings is 1. The Morgan fingerprint density at radius 2 is 1.71 bits per heavy atom. The van der Waals surface area contributed by atoms with E-state index in [-0.39, 0.29) is 40.7 Å². The molecule has 0 radical (unpaired) electrons. The number of hydrogen-bond acceptors (Lipinski definition) is 6. The minimum Gasteiger partial charge on any atom is -0.497 e. The molecule has 0 amide bonds. The van der Waals surface area contributed by atoms with Crippen molar-refractivity contribution in [3.8, 4) is 5.75 Å². The number of methoxy groups -OCH3 is 1. The molecule has 12 atom stereocenters. The molecule has 1 heterocycles. The van der Waals surface area contributed by atoms with Gasteiger partial charge in [-0.15, -0.1) is 0 Å². The van der Waals surface area contributed by atoms with Crippen molar-refractivity contribution in [2.24, 2.45) is 57.7 Å². The fourth-order valence-electron chi connectivity index (χ4n) is 11.3. The van der Waals surface area contributed by atoms with Crippen LogP contribution >= 0.6 is 9.47 Å². The predicted octanol–water partition coefficient (Wildman–Crippen LogP) is 9.39. The highest BCUT2D eigenvalue weighted by atomic mass is 31.0. The molecule has 1 saturated heterocycles. The van der Waals surface area contributed by atoms with Gasteiger partial charge in [-0.05, 0) is 121 Å². The van der Waals surface area contributed by atoms with E-state index in [9.17, 15) is 5.11 Å². The highest BCUT2D eigenvalue weighted by Crippen LogP contribution is 2.68. The first-order valence-corrected chi connectivity index (χ1v) is 20.0. The summed E-state index contributed by atoms with van der Waals surface area (Å²) in [5.74, 6) is 4.01. The van der Waals surface area contributed by atoms with Gasteiger partial charge in [0.1, 0.15) is 5.75 Å². The molecule has 49 heavy (non-hydrogen) atoms. The van der Waals surface area contributed by atoms with Crippen LogP contribution in [-0.4, -0.2) is 50.0 Å². The average Bonchev–Trinajstić information content (AvgIpc) is 3.39. The summed E-state index contributed by atoms with van der Waals surface area (Å²) in [5, 5.41) is 12.1. The average molecular weight is 699 g/mol. The van der Waals surface area contributed by atoms with Crippen LogP contribution in [0.15, 0.2) is 35.9 Å². The second kappa shape index (κ2) is 15.2. The molecule has 0 aromatic heterocycles. The second-order valence-corrected chi connectivity index (χ2v) is 18.7. The van der Waals surface area contributed by atoms with E-state index in [1.807, 2.05) is 12.1 Å². The summed E-state index contributed by atoms with van der Waals surface area (Å²) in [6.07, 6.45) is 12.2.